The Labute approximate surface area is 84.3 Å². The third-order valence-corrected chi connectivity index (χ3v) is 3.14. The molecule has 2 saturated heterocycles. The number of hydrogen-bond donors (Lipinski definition) is 2. The minimum absolute atomic E-state index is 0.00894. The van der Waals surface area contributed by atoms with Crippen LogP contribution in [0.3, 0.4) is 0 Å². The summed E-state index contributed by atoms with van der Waals surface area (Å²) < 4.78 is 0. The van der Waals surface area contributed by atoms with E-state index in [4.69, 9.17) is 0 Å². The summed E-state index contributed by atoms with van der Waals surface area (Å²) in [7, 11) is 0. The minimum Gasteiger partial charge on any atom is -0.392 e. The maximum Gasteiger partial charge on any atom is 0.237 e. The molecule has 2 unspecified atom stereocenters. The van der Waals surface area contributed by atoms with Gasteiger partial charge in [0.1, 0.15) is 0 Å². The summed E-state index contributed by atoms with van der Waals surface area (Å²) in [4.78, 5) is 13.8. The first-order valence-electron chi connectivity index (χ1n) is 5.47. The molecule has 0 saturated carbocycles. The molecule has 0 spiro atoms. The molecule has 2 heterocycles. The number of hydrogen-bond acceptors (Lipinski definition) is 3. The molecule has 2 aliphatic heterocycles. The predicted molar refractivity (Wildman–Crippen MR) is 52.8 cm³/mol. The first-order chi connectivity index (χ1) is 6.77. The highest BCUT2D eigenvalue weighted by Crippen LogP contribution is 2.18. The molecule has 0 bridgehead atoms. The third-order valence-electron chi connectivity index (χ3n) is 3.14. The summed E-state index contributed by atoms with van der Waals surface area (Å²) in [6, 6.07) is 0.00894. The average molecular weight is 198 g/mol. The fourth-order valence-electron chi connectivity index (χ4n) is 2.32. The molecule has 4 nitrogen and oxygen atoms in total. The SMILES string of the molecule is O=C1NCCCCC1N1CCC(O)C1. The van der Waals surface area contributed by atoms with E-state index in [1.54, 1.807) is 0 Å². The van der Waals surface area contributed by atoms with Gasteiger partial charge in [0.15, 0.2) is 0 Å². The number of aliphatic hydroxyl groups excluding tert-OH is 1. The van der Waals surface area contributed by atoms with Crippen LogP contribution in [0.25, 0.3) is 0 Å². The smallest absolute Gasteiger partial charge is 0.237 e. The van der Waals surface area contributed by atoms with Crippen molar-refractivity contribution in [2.75, 3.05) is 19.6 Å². The Kier molecular flexibility index (Phi) is 3.03. The molecule has 0 aromatic rings. The largest absolute Gasteiger partial charge is 0.392 e. The lowest BCUT2D eigenvalue weighted by atomic mass is 10.1. The third kappa shape index (κ3) is 2.07. The van der Waals surface area contributed by atoms with Crippen molar-refractivity contribution in [2.24, 2.45) is 0 Å². The van der Waals surface area contributed by atoms with E-state index in [-0.39, 0.29) is 18.1 Å². The van der Waals surface area contributed by atoms with E-state index in [2.05, 4.69) is 10.2 Å². The van der Waals surface area contributed by atoms with Gasteiger partial charge < -0.3 is 10.4 Å². The lowest BCUT2D eigenvalue weighted by molar-refractivity contribution is -0.125. The number of carbonyl (C=O) groups excluding carboxylic acids is 1. The molecule has 2 N–H and O–H groups in total. The molecule has 1 amide bonds. The van der Waals surface area contributed by atoms with Gasteiger partial charge in [-0.05, 0) is 25.7 Å². The van der Waals surface area contributed by atoms with Gasteiger partial charge in [-0.15, -0.1) is 0 Å². The highest BCUT2D eigenvalue weighted by atomic mass is 16.3. The fourth-order valence-corrected chi connectivity index (χ4v) is 2.32. The number of rotatable bonds is 1. The molecule has 14 heavy (non-hydrogen) atoms. The van der Waals surface area contributed by atoms with Crippen molar-refractivity contribution in [1.82, 2.24) is 10.2 Å². The normalized spacial score (nSPS) is 35.4. The van der Waals surface area contributed by atoms with Crippen molar-refractivity contribution in [3.05, 3.63) is 0 Å². The van der Waals surface area contributed by atoms with Crippen molar-refractivity contribution < 1.29 is 9.90 Å². The molecule has 2 atom stereocenters. The second-order valence-electron chi connectivity index (χ2n) is 4.24. The Hall–Kier alpha value is -0.610. The van der Waals surface area contributed by atoms with Gasteiger partial charge in [0.2, 0.25) is 5.91 Å². The van der Waals surface area contributed by atoms with Gasteiger partial charge in [-0.3, -0.25) is 9.69 Å². The van der Waals surface area contributed by atoms with Crippen LogP contribution in [0, 0.1) is 0 Å². The van der Waals surface area contributed by atoms with E-state index in [0.29, 0.717) is 6.54 Å². The number of β-amino-alcohol motifs (C(OH)–C–C–N with tert-alkyl or cyclic N) is 1. The zero-order valence-electron chi connectivity index (χ0n) is 8.41. The first-order valence-corrected chi connectivity index (χ1v) is 5.47. The zero-order chi connectivity index (χ0) is 9.97. The van der Waals surface area contributed by atoms with Gasteiger partial charge in [0.05, 0.1) is 12.1 Å². The number of aliphatic hydroxyl groups is 1. The number of nitrogens with zero attached hydrogens (tertiary/aromatic N) is 1. The van der Waals surface area contributed by atoms with E-state index in [1.807, 2.05) is 0 Å². The lowest BCUT2D eigenvalue weighted by Crippen LogP contribution is -2.45. The Balaban J connectivity index is 1.97. The molecule has 4 heteroatoms. The molecule has 0 aromatic heterocycles. The van der Waals surface area contributed by atoms with Crippen molar-refractivity contribution in [1.29, 1.82) is 0 Å². The molecule has 0 aromatic carbocycles. The first kappa shape index (κ1) is 9.93. The zero-order valence-corrected chi connectivity index (χ0v) is 8.41. The summed E-state index contributed by atoms with van der Waals surface area (Å²) in [6.07, 6.45) is 3.71. The van der Waals surface area contributed by atoms with Crippen LogP contribution in [0.4, 0.5) is 0 Å². The van der Waals surface area contributed by atoms with Gasteiger partial charge >= 0.3 is 0 Å². The fraction of sp³-hybridized carbons (Fsp3) is 0.900. The van der Waals surface area contributed by atoms with E-state index >= 15 is 0 Å². The Morgan fingerprint density at radius 2 is 2.21 bits per heavy atom. The number of likely N-dealkylation sites (tertiary alicyclic amines) is 1. The van der Waals surface area contributed by atoms with Crippen LogP contribution in [0.1, 0.15) is 25.7 Å². The molecule has 80 valence electrons. The molecule has 0 aliphatic carbocycles. The van der Waals surface area contributed by atoms with Gasteiger partial charge in [-0.25, -0.2) is 0 Å². The van der Waals surface area contributed by atoms with Crippen LogP contribution in [-0.2, 0) is 4.79 Å². The van der Waals surface area contributed by atoms with Crippen LogP contribution >= 0.6 is 0 Å². The molecular formula is C10H18N2O2. The molecule has 2 aliphatic rings. The second kappa shape index (κ2) is 4.28. The maximum atomic E-state index is 11.7. The van der Waals surface area contributed by atoms with E-state index < -0.39 is 0 Å². The Morgan fingerprint density at radius 1 is 1.36 bits per heavy atom. The van der Waals surface area contributed by atoms with Crippen LogP contribution < -0.4 is 5.32 Å². The quantitative estimate of drug-likeness (QED) is 0.609. The van der Waals surface area contributed by atoms with Crippen molar-refractivity contribution in [3.8, 4) is 0 Å². The lowest BCUT2D eigenvalue weighted by Gasteiger charge is -2.24. The second-order valence-corrected chi connectivity index (χ2v) is 4.24. The van der Waals surface area contributed by atoms with Crippen LogP contribution in [0.2, 0.25) is 0 Å². The van der Waals surface area contributed by atoms with Crippen LogP contribution in [-0.4, -0.2) is 47.7 Å². The summed E-state index contributed by atoms with van der Waals surface area (Å²) in [5.41, 5.74) is 0. The number of carbonyl (C=O) groups is 1. The maximum absolute atomic E-state index is 11.7. The topological polar surface area (TPSA) is 52.6 Å². The van der Waals surface area contributed by atoms with E-state index in [9.17, 15) is 9.90 Å². The highest BCUT2D eigenvalue weighted by molar-refractivity contribution is 5.81. The summed E-state index contributed by atoms with van der Waals surface area (Å²) in [5, 5.41) is 12.3. The standard InChI is InChI=1S/C10H18N2O2/c13-8-4-6-12(7-8)9-3-1-2-5-11-10(9)14/h8-9,13H,1-7H2,(H,11,14). The summed E-state index contributed by atoms with van der Waals surface area (Å²) >= 11 is 0. The van der Waals surface area contributed by atoms with Crippen molar-refractivity contribution >= 4 is 5.91 Å². The van der Waals surface area contributed by atoms with Gasteiger partial charge in [0, 0.05) is 19.6 Å². The van der Waals surface area contributed by atoms with Crippen molar-refractivity contribution in [3.63, 3.8) is 0 Å². The summed E-state index contributed by atoms with van der Waals surface area (Å²) in [5.74, 6) is 0.150. The molecule has 2 rings (SSSR count). The number of amides is 1. The van der Waals surface area contributed by atoms with Crippen LogP contribution in [0.15, 0.2) is 0 Å². The molecule has 0 radical (unpaired) electrons. The Bertz CT molecular complexity index is 220. The molecular weight excluding hydrogens is 180 g/mol. The van der Waals surface area contributed by atoms with E-state index in [1.165, 1.54) is 0 Å². The highest BCUT2D eigenvalue weighted by Gasteiger charge is 2.31. The monoisotopic (exact) mass is 198 g/mol. The summed E-state index contributed by atoms with van der Waals surface area (Å²) in [6.45, 7) is 2.34. The van der Waals surface area contributed by atoms with Crippen molar-refractivity contribution in [2.45, 2.75) is 37.8 Å². The molecule has 2 fully saturated rings. The number of nitrogens with one attached hydrogen (secondary N) is 1. The Morgan fingerprint density at radius 3 is 2.93 bits per heavy atom. The van der Waals surface area contributed by atoms with Gasteiger partial charge in [-0.2, -0.15) is 0 Å². The van der Waals surface area contributed by atoms with Crippen LogP contribution in [0.5, 0.6) is 0 Å². The average Bonchev–Trinajstić information content (AvgIpc) is 2.46. The minimum atomic E-state index is -0.231. The van der Waals surface area contributed by atoms with Gasteiger partial charge in [-0.1, -0.05) is 0 Å². The van der Waals surface area contributed by atoms with E-state index in [0.717, 1.165) is 38.8 Å². The van der Waals surface area contributed by atoms with Gasteiger partial charge in [0.25, 0.3) is 0 Å². The predicted octanol–water partition coefficient (Wildman–Crippen LogP) is -0.278.